The van der Waals surface area contributed by atoms with Gasteiger partial charge in [-0.15, -0.1) is 0 Å². The number of rotatable bonds is 3. The lowest BCUT2D eigenvalue weighted by Crippen LogP contribution is -2.56. The summed E-state index contributed by atoms with van der Waals surface area (Å²) in [5.74, 6) is 4.58. The Morgan fingerprint density at radius 1 is 1.00 bits per heavy atom. The molecule has 20 heavy (non-hydrogen) atoms. The van der Waals surface area contributed by atoms with Crippen LogP contribution in [-0.2, 0) is 0 Å². The summed E-state index contributed by atoms with van der Waals surface area (Å²) < 4.78 is 0. The van der Waals surface area contributed by atoms with E-state index < -0.39 is 0 Å². The van der Waals surface area contributed by atoms with Gasteiger partial charge >= 0.3 is 6.03 Å². The molecule has 3 heteroatoms. The van der Waals surface area contributed by atoms with Crippen LogP contribution in [0.1, 0.15) is 51.4 Å². The fourth-order valence-electron chi connectivity index (χ4n) is 6.18. The molecule has 1 heterocycles. The average molecular weight is 274 g/mol. The second-order valence-electron chi connectivity index (χ2n) is 8.40. The SMILES string of the molecule is O=C1NC(CC2CC2)CN1C1C2CC3CC(C2)CC1C3. The van der Waals surface area contributed by atoms with E-state index >= 15 is 0 Å². The van der Waals surface area contributed by atoms with Crippen LogP contribution in [-0.4, -0.2) is 29.6 Å². The zero-order valence-corrected chi connectivity index (χ0v) is 12.3. The fraction of sp³-hybridized carbons (Fsp3) is 0.941. The number of carbonyl (C=O) groups excluding carboxylic acids is 1. The van der Waals surface area contributed by atoms with Gasteiger partial charge < -0.3 is 10.2 Å². The van der Waals surface area contributed by atoms with E-state index in [2.05, 4.69) is 10.2 Å². The topological polar surface area (TPSA) is 32.3 Å². The van der Waals surface area contributed by atoms with E-state index in [1.54, 1.807) is 0 Å². The molecular weight excluding hydrogens is 248 g/mol. The third-order valence-corrected chi connectivity index (χ3v) is 6.86. The van der Waals surface area contributed by atoms with Crippen LogP contribution in [0.15, 0.2) is 0 Å². The minimum absolute atomic E-state index is 0.258. The Morgan fingerprint density at radius 3 is 2.25 bits per heavy atom. The van der Waals surface area contributed by atoms with E-state index in [1.165, 1.54) is 51.4 Å². The van der Waals surface area contributed by atoms with Crippen LogP contribution in [0, 0.1) is 29.6 Å². The van der Waals surface area contributed by atoms with Crippen molar-refractivity contribution in [1.82, 2.24) is 10.2 Å². The van der Waals surface area contributed by atoms with Crippen LogP contribution in [0.25, 0.3) is 0 Å². The predicted octanol–water partition coefficient (Wildman–Crippen LogP) is 3.01. The van der Waals surface area contributed by atoms with E-state index in [9.17, 15) is 4.79 Å². The Kier molecular flexibility index (Phi) is 2.46. The molecule has 0 aromatic carbocycles. The first kappa shape index (κ1) is 11.9. The average Bonchev–Trinajstić information content (AvgIpc) is 3.12. The highest BCUT2D eigenvalue weighted by atomic mass is 16.2. The van der Waals surface area contributed by atoms with Crippen LogP contribution >= 0.6 is 0 Å². The number of nitrogens with zero attached hydrogens (tertiary/aromatic N) is 1. The summed E-state index contributed by atoms with van der Waals surface area (Å²) in [5, 5.41) is 3.27. The molecule has 1 N–H and O–H groups in total. The molecule has 1 atom stereocenters. The minimum atomic E-state index is 0.258. The van der Waals surface area contributed by atoms with Gasteiger partial charge in [-0.2, -0.15) is 0 Å². The predicted molar refractivity (Wildman–Crippen MR) is 77.2 cm³/mol. The highest BCUT2D eigenvalue weighted by Gasteiger charge is 2.52. The van der Waals surface area contributed by atoms with Crippen molar-refractivity contribution in [3.05, 3.63) is 0 Å². The van der Waals surface area contributed by atoms with Crippen molar-refractivity contribution in [2.45, 2.75) is 63.5 Å². The maximum atomic E-state index is 12.4. The van der Waals surface area contributed by atoms with Crippen LogP contribution in [0.2, 0.25) is 0 Å². The van der Waals surface area contributed by atoms with Crippen molar-refractivity contribution in [2.24, 2.45) is 29.6 Å². The maximum absolute atomic E-state index is 12.4. The molecule has 5 saturated carbocycles. The zero-order chi connectivity index (χ0) is 13.3. The molecule has 110 valence electrons. The van der Waals surface area contributed by atoms with Crippen molar-refractivity contribution in [1.29, 1.82) is 0 Å². The Labute approximate surface area is 121 Å². The highest BCUT2D eigenvalue weighted by Crippen LogP contribution is 2.55. The number of hydrogen-bond donors (Lipinski definition) is 1. The van der Waals surface area contributed by atoms with Crippen LogP contribution in [0.4, 0.5) is 4.79 Å². The zero-order valence-electron chi connectivity index (χ0n) is 12.3. The number of nitrogens with one attached hydrogen (secondary N) is 1. The number of amides is 2. The van der Waals surface area contributed by atoms with Gasteiger partial charge in [0, 0.05) is 18.6 Å². The van der Waals surface area contributed by atoms with Gasteiger partial charge in [-0.25, -0.2) is 4.79 Å². The summed E-state index contributed by atoms with van der Waals surface area (Å²) in [4.78, 5) is 14.7. The standard InChI is InChI=1S/C17H26N2O/c20-17-18-15(8-10-1-2-10)9-19(17)16-13-4-11-3-12(6-13)7-14(16)5-11/h10-16H,1-9H2,(H,18,20). The molecule has 0 radical (unpaired) electrons. The lowest BCUT2D eigenvalue weighted by atomic mass is 9.54. The molecule has 0 spiro atoms. The van der Waals surface area contributed by atoms with E-state index in [1.807, 2.05) is 0 Å². The maximum Gasteiger partial charge on any atom is 0.318 e. The molecule has 0 aromatic heterocycles. The Hall–Kier alpha value is -0.730. The summed E-state index contributed by atoms with van der Waals surface area (Å²) in [7, 11) is 0. The summed E-state index contributed by atoms with van der Waals surface area (Å²) >= 11 is 0. The molecule has 1 saturated heterocycles. The molecule has 1 aliphatic heterocycles. The molecule has 6 rings (SSSR count). The first-order valence-electron chi connectivity index (χ1n) is 8.83. The molecule has 1 unspecified atom stereocenters. The molecular formula is C17H26N2O. The second-order valence-corrected chi connectivity index (χ2v) is 8.40. The van der Waals surface area contributed by atoms with Gasteiger partial charge in [-0.1, -0.05) is 12.8 Å². The number of hydrogen-bond acceptors (Lipinski definition) is 1. The quantitative estimate of drug-likeness (QED) is 0.843. The summed E-state index contributed by atoms with van der Waals surface area (Å²) in [6.45, 7) is 1.00. The van der Waals surface area contributed by atoms with E-state index in [0.717, 1.165) is 36.1 Å². The van der Waals surface area contributed by atoms with Gasteiger partial charge in [0.2, 0.25) is 0 Å². The first-order valence-corrected chi connectivity index (χ1v) is 8.83. The lowest BCUT2D eigenvalue weighted by Gasteiger charge is -2.56. The molecule has 4 bridgehead atoms. The number of urea groups is 1. The highest BCUT2D eigenvalue weighted by molar-refractivity contribution is 5.77. The monoisotopic (exact) mass is 274 g/mol. The summed E-state index contributed by atoms with van der Waals surface area (Å²) in [6, 6.07) is 1.30. The molecule has 6 fully saturated rings. The van der Waals surface area contributed by atoms with Crippen LogP contribution in [0.5, 0.6) is 0 Å². The van der Waals surface area contributed by atoms with Crippen molar-refractivity contribution >= 4 is 6.03 Å². The van der Waals surface area contributed by atoms with Crippen molar-refractivity contribution < 1.29 is 4.79 Å². The summed E-state index contributed by atoms with van der Waals surface area (Å²) in [5.41, 5.74) is 0. The molecule has 6 aliphatic rings. The van der Waals surface area contributed by atoms with E-state index in [4.69, 9.17) is 0 Å². The van der Waals surface area contributed by atoms with Gasteiger partial charge in [0.15, 0.2) is 0 Å². The van der Waals surface area contributed by atoms with Gasteiger partial charge in [0.05, 0.1) is 0 Å². The van der Waals surface area contributed by atoms with Gasteiger partial charge in [0.25, 0.3) is 0 Å². The fourth-order valence-corrected chi connectivity index (χ4v) is 6.18. The molecule has 2 amide bonds. The largest absolute Gasteiger partial charge is 0.333 e. The number of carbonyl (C=O) groups is 1. The smallest absolute Gasteiger partial charge is 0.318 e. The third kappa shape index (κ3) is 1.81. The molecule has 5 aliphatic carbocycles. The molecule has 0 aromatic rings. The van der Waals surface area contributed by atoms with Gasteiger partial charge in [0.1, 0.15) is 0 Å². The summed E-state index contributed by atoms with van der Waals surface area (Å²) in [6.07, 6.45) is 11.2. The third-order valence-electron chi connectivity index (χ3n) is 6.86. The van der Waals surface area contributed by atoms with Crippen molar-refractivity contribution in [3.8, 4) is 0 Å². The van der Waals surface area contributed by atoms with Crippen molar-refractivity contribution in [2.75, 3.05) is 6.54 Å². The van der Waals surface area contributed by atoms with Crippen molar-refractivity contribution in [3.63, 3.8) is 0 Å². The van der Waals surface area contributed by atoms with E-state index in [0.29, 0.717) is 12.1 Å². The van der Waals surface area contributed by atoms with Crippen LogP contribution < -0.4 is 5.32 Å². The normalized spacial score (nSPS) is 49.8. The Bertz CT molecular complexity index is 403. The van der Waals surface area contributed by atoms with Gasteiger partial charge in [-0.05, 0) is 68.1 Å². The minimum Gasteiger partial charge on any atom is -0.333 e. The van der Waals surface area contributed by atoms with E-state index in [-0.39, 0.29) is 6.03 Å². The van der Waals surface area contributed by atoms with Crippen LogP contribution in [0.3, 0.4) is 0 Å². The first-order chi connectivity index (χ1) is 9.76. The second kappa shape index (κ2) is 4.14. The Balaban J connectivity index is 1.33. The van der Waals surface area contributed by atoms with Gasteiger partial charge in [-0.3, -0.25) is 0 Å². The molecule has 3 nitrogen and oxygen atoms in total. The Morgan fingerprint density at radius 2 is 1.65 bits per heavy atom. The lowest BCUT2D eigenvalue weighted by molar-refractivity contribution is -0.0471.